The van der Waals surface area contributed by atoms with E-state index in [1.807, 2.05) is 19.9 Å². The minimum atomic E-state index is -1.20. The zero-order valence-electron chi connectivity index (χ0n) is 23.5. The standard InChI is InChI=1S/C31H41ClN2O6/c1-5-8-9-12-18-39-30(38)25-24-15-16-31(40-24)26(25)28(36)34(23(19-35)20(4)7-3)27(31)29(37)33(17-6-2)22-14-11-10-13-21(22)32/h5-6,10-11,13-14,20,23-27,35H,1-2,7-9,12,15-19H2,3-4H3/t20-,23-,24-,25+,26-,27?,31?/m0/s1. The maximum atomic E-state index is 14.6. The number of hydrogen-bond acceptors (Lipinski definition) is 6. The van der Waals surface area contributed by atoms with E-state index < -0.39 is 41.6 Å². The molecule has 0 aromatic heterocycles. The summed E-state index contributed by atoms with van der Waals surface area (Å²) in [5.41, 5.74) is -0.708. The molecule has 7 atom stereocenters. The predicted octanol–water partition coefficient (Wildman–Crippen LogP) is 4.54. The van der Waals surface area contributed by atoms with Crippen molar-refractivity contribution < 1.29 is 29.0 Å². The normalized spacial score (nSPS) is 28.2. The number of esters is 1. The van der Waals surface area contributed by atoms with Crippen LogP contribution < -0.4 is 4.90 Å². The van der Waals surface area contributed by atoms with Gasteiger partial charge in [0.25, 0.3) is 5.91 Å². The van der Waals surface area contributed by atoms with Crippen LogP contribution in [0.2, 0.25) is 5.02 Å². The Balaban J connectivity index is 1.74. The van der Waals surface area contributed by atoms with E-state index in [1.165, 1.54) is 9.80 Å². The number of para-hydroxylation sites is 1. The molecule has 9 heteroatoms. The van der Waals surface area contributed by atoms with E-state index in [2.05, 4.69) is 13.2 Å². The number of aliphatic hydroxyl groups excluding tert-OH is 1. The number of hydrogen-bond donors (Lipinski definition) is 1. The predicted molar refractivity (Wildman–Crippen MR) is 154 cm³/mol. The maximum Gasteiger partial charge on any atom is 0.312 e. The molecule has 0 aliphatic carbocycles. The van der Waals surface area contributed by atoms with Crippen molar-refractivity contribution in [2.75, 3.05) is 24.7 Å². The number of rotatable bonds is 14. The molecule has 2 bridgehead atoms. The molecule has 8 nitrogen and oxygen atoms in total. The van der Waals surface area contributed by atoms with Gasteiger partial charge in [0, 0.05) is 6.54 Å². The van der Waals surface area contributed by atoms with Gasteiger partial charge in [-0.1, -0.05) is 56.2 Å². The number of carbonyl (C=O) groups excluding carboxylic acids is 3. The van der Waals surface area contributed by atoms with Crippen LogP contribution in [0.5, 0.6) is 0 Å². The molecule has 1 aromatic carbocycles. The lowest BCUT2D eigenvalue weighted by Gasteiger charge is -2.41. The SMILES string of the molecule is C=CCCCCOC(=O)[C@@H]1[C@@H]2CCC3(O2)C(C(=O)N(CC=C)c2ccccc2Cl)N([C@@H](CO)[C@@H](C)CC)C(=O)[C@H]13. The number of allylic oxidation sites excluding steroid dienone is 1. The third-order valence-electron chi connectivity index (χ3n) is 8.86. The lowest BCUT2D eigenvalue weighted by Crippen LogP contribution is -2.60. The molecule has 1 N–H and O–H groups in total. The molecule has 3 saturated heterocycles. The fourth-order valence-corrected chi connectivity index (χ4v) is 6.96. The summed E-state index contributed by atoms with van der Waals surface area (Å²) in [5, 5.41) is 10.9. The van der Waals surface area contributed by atoms with E-state index >= 15 is 0 Å². The van der Waals surface area contributed by atoms with Gasteiger partial charge in [-0.2, -0.15) is 0 Å². The van der Waals surface area contributed by atoms with Crippen LogP contribution in [0.4, 0.5) is 5.69 Å². The Hall–Kier alpha value is -2.68. The van der Waals surface area contributed by atoms with Crippen LogP contribution in [-0.2, 0) is 23.9 Å². The van der Waals surface area contributed by atoms with Crippen molar-refractivity contribution in [3.05, 3.63) is 54.6 Å². The summed E-state index contributed by atoms with van der Waals surface area (Å²) in [6, 6.07) is 5.36. The number of halogens is 1. The number of aliphatic hydroxyl groups is 1. The molecule has 3 aliphatic rings. The first kappa shape index (κ1) is 30.3. The van der Waals surface area contributed by atoms with E-state index in [0.717, 1.165) is 12.8 Å². The van der Waals surface area contributed by atoms with E-state index in [9.17, 15) is 19.5 Å². The molecule has 1 spiro atoms. The van der Waals surface area contributed by atoms with E-state index in [4.69, 9.17) is 21.1 Å². The van der Waals surface area contributed by atoms with Crippen LogP contribution in [0, 0.1) is 17.8 Å². The van der Waals surface area contributed by atoms with Crippen LogP contribution in [0.25, 0.3) is 0 Å². The summed E-state index contributed by atoms with van der Waals surface area (Å²) < 4.78 is 12.2. The van der Waals surface area contributed by atoms with Gasteiger partial charge >= 0.3 is 5.97 Å². The van der Waals surface area contributed by atoms with Crippen molar-refractivity contribution >= 4 is 35.1 Å². The molecule has 2 unspecified atom stereocenters. The average Bonchev–Trinajstić information content (AvgIpc) is 3.59. The highest BCUT2D eigenvalue weighted by molar-refractivity contribution is 6.34. The van der Waals surface area contributed by atoms with Crippen LogP contribution in [0.3, 0.4) is 0 Å². The molecular weight excluding hydrogens is 532 g/mol. The van der Waals surface area contributed by atoms with E-state index in [1.54, 1.807) is 30.3 Å². The molecule has 4 rings (SSSR count). The number of nitrogens with zero attached hydrogens (tertiary/aromatic N) is 2. The molecule has 0 saturated carbocycles. The molecule has 3 heterocycles. The summed E-state index contributed by atoms with van der Waals surface area (Å²) in [5.74, 6) is -2.94. The zero-order valence-corrected chi connectivity index (χ0v) is 24.2. The third-order valence-corrected chi connectivity index (χ3v) is 9.18. The van der Waals surface area contributed by atoms with Gasteiger partial charge in [-0.3, -0.25) is 14.4 Å². The van der Waals surface area contributed by atoms with Gasteiger partial charge in [-0.15, -0.1) is 13.2 Å². The van der Waals surface area contributed by atoms with Gasteiger partial charge in [-0.25, -0.2) is 0 Å². The van der Waals surface area contributed by atoms with Gasteiger partial charge in [0.2, 0.25) is 5.91 Å². The highest BCUT2D eigenvalue weighted by atomic mass is 35.5. The van der Waals surface area contributed by atoms with Gasteiger partial charge in [0.15, 0.2) is 0 Å². The molecule has 40 heavy (non-hydrogen) atoms. The third kappa shape index (κ3) is 5.21. The lowest BCUT2D eigenvalue weighted by atomic mass is 9.70. The molecule has 0 radical (unpaired) electrons. The molecule has 3 aliphatic heterocycles. The smallest absolute Gasteiger partial charge is 0.312 e. The fraction of sp³-hybridized carbons (Fsp3) is 0.581. The second kappa shape index (κ2) is 12.9. The van der Waals surface area contributed by atoms with Crippen LogP contribution in [-0.4, -0.2) is 71.3 Å². The Labute approximate surface area is 241 Å². The fourth-order valence-electron chi connectivity index (χ4n) is 6.72. The van der Waals surface area contributed by atoms with Gasteiger partial charge in [0.05, 0.1) is 47.9 Å². The maximum absolute atomic E-state index is 14.6. The molecule has 1 aromatic rings. The van der Waals surface area contributed by atoms with Gasteiger partial charge in [-0.05, 0) is 50.2 Å². The number of ether oxygens (including phenoxy) is 2. The minimum absolute atomic E-state index is 0.0971. The Morgan fingerprint density at radius 1 is 1.30 bits per heavy atom. The summed E-state index contributed by atoms with van der Waals surface area (Å²) in [7, 11) is 0. The molecular formula is C31H41ClN2O6. The largest absolute Gasteiger partial charge is 0.465 e. The zero-order chi connectivity index (χ0) is 29.0. The Bertz CT molecular complexity index is 1130. The summed E-state index contributed by atoms with van der Waals surface area (Å²) in [6.45, 7) is 11.6. The Kier molecular flexibility index (Phi) is 9.75. The summed E-state index contributed by atoms with van der Waals surface area (Å²) in [4.78, 5) is 45.3. The minimum Gasteiger partial charge on any atom is -0.465 e. The number of amides is 2. The monoisotopic (exact) mass is 572 g/mol. The topological polar surface area (TPSA) is 96.4 Å². The molecule has 2 amide bonds. The second-order valence-corrected chi connectivity index (χ2v) is 11.5. The first-order chi connectivity index (χ1) is 19.3. The van der Waals surface area contributed by atoms with E-state index in [-0.39, 0.29) is 37.5 Å². The van der Waals surface area contributed by atoms with Crippen LogP contribution >= 0.6 is 11.6 Å². The van der Waals surface area contributed by atoms with Crippen molar-refractivity contribution in [1.29, 1.82) is 0 Å². The van der Waals surface area contributed by atoms with Crippen molar-refractivity contribution in [3.8, 4) is 0 Å². The van der Waals surface area contributed by atoms with Crippen molar-refractivity contribution in [3.63, 3.8) is 0 Å². The number of likely N-dealkylation sites (tertiary alicyclic amines) is 1. The molecule has 218 valence electrons. The number of carbonyl (C=O) groups is 3. The first-order valence-corrected chi connectivity index (χ1v) is 14.7. The number of anilines is 1. The second-order valence-electron chi connectivity index (χ2n) is 11.1. The summed E-state index contributed by atoms with van der Waals surface area (Å²) >= 11 is 6.52. The van der Waals surface area contributed by atoms with Gasteiger partial charge in [0.1, 0.15) is 11.6 Å². The average molecular weight is 573 g/mol. The lowest BCUT2D eigenvalue weighted by molar-refractivity contribution is -0.156. The Morgan fingerprint density at radius 2 is 2.05 bits per heavy atom. The van der Waals surface area contributed by atoms with Crippen LogP contribution in [0.1, 0.15) is 52.4 Å². The highest BCUT2D eigenvalue weighted by Gasteiger charge is 2.75. The first-order valence-electron chi connectivity index (χ1n) is 14.3. The number of unbranched alkanes of at least 4 members (excludes halogenated alkanes) is 2. The van der Waals surface area contributed by atoms with Crippen molar-refractivity contribution in [2.24, 2.45) is 17.8 Å². The highest BCUT2D eigenvalue weighted by Crippen LogP contribution is 2.59. The Morgan fingerprint density at radius 3 is 2.70 bits per heavy atom. The molecule has 3 fully saturated rings. The van der Waals surface area contributed by atoms with E-state index in [0.29, 0.717) is 36.4 Å². The van der Waals surface area contributed by atoms with Crippen molar-refractivity contribution in [1.82, 2.24) is 4.90 Å². The van der Waals surface area contributed by atoms with Crippen molar-refractivity contribution in [2.45, 2.75) is 76.2 Å². The quantitative estimate of drug-likeness (QED) is 0.200. The van der Waals surface area contributed by atoms with Crippen LogP contribution in [0.15, 0.2) is 49.6 Å². The number of benzene rings is 1. The number of fused-ring (bicyclic) bond motifs is 1. The van der Waals surface area contributed by atoms with Gasteiger partial charge < -0.3 is 24.4 Å². The summed E-state index contributed by atoms with van der Waals surface area (Å²) in [6.07, 6.45) is 6.99.